The highest BCUT2D eigenvalue weighted by Crippen LogP contribution is 2.20. The van der Waals surface area contributed by atoms with Crippen molar-refractivity contribution in [3.8, 4) is 0 Å². The minimum absolute atomic E-state index is 0.128. The van der Waals surface area contributed by atoms with Crippen LogP contribution in [0.1, 0.15) is 23.1 Å². The fraction of sp³-hybridized carbons (Fsp3) is 0.538. The van der Waals surface area contributed by atoms with E-state index in [2.05, 4.69) is 27.4 Å². The first kappa shape index (κ1) is 12.8. The van der Waals surface area contributed by atoms with Gasteiger partial charge in [-0.1, -0.05) is 6.92 Å². The average Bonchev–Trinajstić information content (AvgIpc) is 2.46. The van der Waals surface area contributed by atoms with Crippen molar-refractivity contribution >= 4 is 11.6 Å². The summed E-state index contributed by atoms with van der Waals surface area (Å²) in [5.74, 6) is -0.128. The van der Waals surface area contributed by atoms with E-state index in [0.29, 0.717) is 5.69 Å². The van der Waals surface area contributed by atoms with Gasteiger partial charge in [0.15, 0.2) is 0 Å². The third-order valence-electron chi connectivity index (χ3n) is 3.20. The molecule has 0 bridgehead atoms. The number of pyridine rings is 1. The zero-order chi connectivity index (χ0) is 13.0. The Hall–Kier alpha value is -1.62. The molecule has 1 fully saturated rings. The van der Waals surface area contributed by atoms with Gasteiger partial charge in [-0.2, -0.15) is 0 Å². The number of nitrogens with zero attached hydrogens (tertiary/aromatic N) is 2. The van der Waals surface area contributed by atoms with E-state index in [1.807, 2.05) is 6.07 Å². The fourth-order valence-corrected chi connectivity index (χ4v) is 2.20. The molecular weight excluding hydrogens is 228 g/mol. The lowest BCUT2D eigenvalue weighted by Gasteiger charge is -2.30. The largest absolute Gasteiger partial charge is 0.368 e. The topological polar surface area (TPSA) is 57.3 Å². The molecule has 5 nitrogen and oxygen atoms in total. The third kappa shape index (κ3) is 2.61. The number of hydrogen-bond donors (Lipinski definition) is 2. The van der Waals surface area contributed by atoms with Gasteiger partial charge in [0.2, 0.25) is 0 Å². The van der Waals surface area contributed by atoms with Crippen LogP contribution in [0.2, 0.25) is 0 Å². The Bertz CT molecular complexity index is 427. The number of aryl methyl sites for hydroxylation is 1. The number of amides is 1. The van der Waals surface area contributed by atoms with Crippen molar-refractivity contribution in [1.29, 1.82) is 0 Å². The molecule has 2 rings (SSSR count). The number of hydrogen-bond acceptors (Lipinski definition) is 4. The molecule has 5 heteroatoms. The lowest BCUT2D eigenvalue weighted by atomic mass is 10.2. The first-order valence-corrected chi connectivity index (χ1v) is 6.44. The van der Waals surface area contributed by atoms with Gasteiger partial charge in [-0.05, 0) is 18.6 Å². The Morgan fingerprint density at radius 1 is 1.44 bits per heavy atom. The highest BCUT2D eigenvalue weighted by Gasteiger charge is 2.16. The van der Waals surface area contributed by atoms with Crippen LogP contribution in [-0.2, 0) is 6.42 Å². The summed E-state index contributed by atoms with van der Waals surface area (Å²) in [6, 6.07) is 3.82. The van der Waals surface area contributed by atoms with Crippen LogP contribution >= 0.6 is 0 Å². The van der Waals surface area contributed by atoms with E-state index < -0.39 is 0 Å². The Morgan fingerprint density at radius 2 is 2.17 bits per heavy atom. The van der Waals surface area contributed by atoms with Crippen LogP contribution in [0.5, 0.6) is 0 Å². The molecule has 0 aliphatic carbocycles. The molecule has 1 aliphatic rings. The van der Waals surface area contributed by atoms with E-state index >= 15 is 0 Å². The summed E-state index contributed by atoms with van der Waals surface area (Å²) >= 11 is 0. The van der Waals surface area contributed by atoms with Crippen LogP contribution in [-0.4, -0.2) is 44.1 Å². The van der Waals surface area contributed by atoms with E-state index in [4.69, 9.17) is 0 Å². The molecule has 18 heavy (non-hydrogen) atoms. The quantitative estimate of drug-likeness (QED) is 0.813. The van der Waals surface area contributed by atoms with Gasteiger partial charge in [-0.15, -0.1) is 0 Å². The molecule has 2 N–H and O–H groups in total. The molecule has 1 amide bonds. The Balaban J connectivity index is 2.27. The summed E-state index contributed by atoms with van der Waals surface area (Å²) in [6.07, 6.45) is 0.837. The van der Waals surface area contributed by atoms with Crippen LogP contribution in [0.4, 0.5) is 5.69 Å². The minimum atomic E-state index is -0.128. The molecule has 0 aromatic carbocycles. The zero-order valence-corrected chi connectivity index (χ0v) is 11.0. The second-order valence-electron chi connectivity index (χ2n) is 4.33. The van der Waals surface area contributed by atoms with Crippen LogP contribution in [0.25, 0.3) is 0 Å². The summed E-state index contributed by atoms with van der Waals surface area (Å²) in [7, 11) is 1.62. The van der Waals surface area contributed by atoms with Crippen molar-refractivity contribution in [1.82, 2.24) is 15.6 Å². The molecule has 0 radical (unpaired) electrons. The zero-order valence-electron chi connectivity index (χ0n) is 11.0. The molecule has 0 saturated carbocycles. The van der Waals surface area contributed by atoms with Crippen molar-refractivity contribution in [2.24, 2.45) is 0 Å². The summed E-state index contributed by atoms with van der Waals surface area (Å²) < 4.78 is 0. The van der Waals surface area contributed by atoms with Gasteiger partial charge in [0.05, 0.1) is 11.4 Å². The molecule has 0 atom stereocenters. The summed E-state index contributed by atoms with van der Waals surface area (Å²) in [5.41, 5.74) is 2.65. The monoisotopic (exact) mass is 248 g/mol. The number of carbonyl (C=O) groups is 1. The van der Waals surface area contributed by atoms with E-state index in [1.54, 1.807) is 13.1 Å². The second-order valence-corrected chi connectivity index (χ2v) is 4.33. The molecule has 0 unspecified atom stereocenters. The Kier molecular flexibility index (Phi) is 4.15. The smallest absolute Gasteiger partial charge is 0.269 e. The van der Waals surface area contributed by atoms with Gasteiger partial charge in [0.1, 0.15) is 5.69 Å². The summed E-state index contributed by atoms with van der Waals surface area (Å²) in [5, 5.41) is 5.94. The molecule has 1 aromatic heterocycles. The molecule has 0 spiro atoms. The first-order valence-electron chi connectivity index (χ1n) is 6.44. The lowest BCUT2D eigenvalue weighted by molar-refractivity contribution is 0.0958. The maximum Gasteiger partial charge on any atom is 0.269 e. The van der Waals surface area contributed by atoms with E-state index in [1.165, 1.54) is 0 Å². The van der Waals surface area contributed by atoms with Crippen LogP contribution in [0.3, 0.4) is 0 Å². The number of carbonyl (C=O) groups excluding carboxylic acids is 1. The molecule has 2 heterocycles. The van der Waals surface area contributed by atoms with Crippen molar-refractivity contribution in [3.05, 3.63) is 23.5 Å². The lowest BCUT2D eigenvalue weighted by Crippen LogP contribution is -2.44. The molecule has 1 saturated heterocycles. The predicted molar refractivity (Wildman–Crippen MR) is 72.1 cm³/mol. The van der Waals surface area contributed by atoms with Crippen LogP contribution in [0, 0.1) is 0 Å². The first-order chi connectivity index (χ1) is 8.76. The maximum absolute atomic E-state index is 11.6. The van der Waals surface area contributed by atoms with Crippen molar-refractivity contribution in [3.63, 3.8) is 0 Å². The van der Waals surface area contributed by atoms with Gasteiger partial charge >= 0.3 is 0 Å². The molecule has 1 aliphatic heterocycles. The van der Waals surface area contributed by atoms with E-state index in [-0.39, 0.29) is 5.91 Å². The molecule has 98 valence electrons. The molecule has 1 aromatic rings. The average molecular weight is 248 g/mol. The Morgan fingerprint density at radius 3 is 2.78 bits per heavy atom. The van der Waals surface area contributed by atoms with Gasteiger partial charge in [-0.3, -0.25) is 4.79 Å². The van der Waals surface area contributed by atoms with Crippen LogP contribution < -0.4 is 15.5 Å². The van der Waals surface area contributed by atoms with Crippen LogP contribution in [0.15, 0.2) is 12.1 Å². The number of piperazine rings is 1. The third-order valence-corrected chi connectivity index (χ3v) is 3.20. The van der Waals surface area contributed by atoms with E-state index in [9.17, 15) is 4.79 Å². The van der Waals surface area contributed by atoms with Gasteiger partial charge in [-0.25, -0.2) is 4.98 Å². The van der Waals surface area contributed by atoms with Crippen molar-refractivity contribution in [2.45, 2.75) is 13.3 Å². The molecular formula is C13H20N4O. The summed E-state index contributed by atoms with van der Waals surface area (Å²) in [6.45, 7) is 6.06. The van der Waals surface area contributed by atoms with Gasteiger partial charge < -0.3 is 15.5 Å². The van der Waals surface area contributed by atoms with Gasteiger partial charge in [0, 0.05) is 33.2 Å². The normalized spacial score (nSPS) is 15.6. The maximum atomic E-state index is 11.6. The standard InChI is InChI=1S/C13H20N4O/c1-3-10-12(17-8-6-15-7-9-17)5-4-11(16-10)13(18)14-2/h4-5,15H,3,6-9H2,1-2H3,(H,14,18). The minimum Gasteiger partial charge on any atom is -0.368 e. The number of anilines is 1. The summed E-state index contributed by atoms with van der Waals surface area (Å²) in [4.78, 5) is 18.4. The van der Waals surface area contributed by atoms with Crippen molar-refractivity contribution < 1.29 is 4.79 Å². The SMILES string of the molecule is CCc1nc(C(=O)NC)ccc1N1CCNCC1. The fourth-order valence-electron chi connectivity index (χ4n) is 2.20. The number of aromatic nitrogens is 1. The number of rotatable bonds is 3. The van der Waals surface area contributed by atoms with Gasteiger partial charge in [0.25, 0.3) is 5.91 Å². The number of nitrogens with one attached hydrogen (secondary N) is 2. The second kappa shape index (κ2) is 5.82. The highest BCUT2D eigenvalue weighted by molar-refractivity contribution is 5.92. The van der Waals surface area contributed by atoms with E-state index in [0.717, 1.165) is 44.0 Å². The Labute approximate surface area is 108 Å². The highest BCUT2D eigenvalue weighted by atomic mass is 16.1. The van der Waals surface area contributed by atoms with Crippen molar-refractivity contribution in [2.75, 3.05) is 38.1 Å². The predicted octanol–water partition coefficient (Wildman–Crippen LogP) is 0.413.